The first-order chi connectivity index (χ1) is 9.16. The van der Waals surface area contributed by atoms with E-state index < -0.39 is 17.6 Å². The first kappa shape index (κ1) is 18.2. The molecule has 1 aliphatic heterocycles. The third-order valence-electron chi connectivity index (χ3n) is 3.45. The van der Waals surface area contributed by atoms with E-state index in [-0.39, 0.29) is 25.2 Å². The van der Waals surface area contributed by atoms with Crippen molar-refractivity contribution in [3.63, 3.8) is 0 Å². The van der Waals surface area contributed by atoms with Gasteiger partial charge in [-0.05, 0) is 39.8 Å². The van der Waals surface area contributed by atoms with Crippen molar-refractivity contribution in [2.45, 2.75) is 44.9 Å². The summed E-state index contributed by atoms with van der Waals surface area (Å²) in [6.07, 6.45) is -3.85. The molecule has 2 N–H and O–H groups in total. The summed E-state index contributed by atoms with van der Waals surface area (Å²) in [5.41, 5.74) is 5.16. The lowest BCUT2D eigenvalue weighted by molar-refractivity contribution is -0.185. The van der Waals surface area contributed by atoms with Gasteiger partial charge in [-0.3, -0.25) is 4.90 Å². The van der Waals surface area contributed by atoms with E-state index in [0.29, 0.717) is 31.3 Å². The molecule has 9 heteroatoms. The molecule has 0 amide bonds. The Kier molecular flexibility index (Phi) is 5.63. The lowest BCUT2D eigenvalue weighted by atomic mass is 9.96. The maximum absolute atomic E-state index is 12.6. The maximum atomic E-state index is 12.6. The van der Waals surface area contributed by atoms with E-state index in [2.05, 4.69) is 10.1 Å². The van der Waals surface area contributed by atoms with Gasteiger partial charge in [-0.1, -0.05) is 5.16 Å². The van der Waals surface area contributed by atoms with E-state index in [9.17, 15) is 13.2 Å². The summed E-state index contributed by atoms with van der Waals surface area (Å²) >= 11 is 0. The number of alkyl halides is 3. The molecule has 1 aliphatic rings. The van der Waals surface area contributed by atoms with Gasteiger partial charge in [-0.15, -0.1) is 12.4 Å². The highest BCUT2D eigenvalue weighted by molar-refractivity contribution is 5.85. The van der Waals surface area contributed by atoms with Crippen molar-refractivity contribution >= 4 is 12.4 Å². The van der Waals surface area contributed by atoms with Crippen LogP contribution in [-0.2, 0) is 12.1 Å². The Morgan fingerprint density at radius 1 is 1.29 bits per heavy atom. The van der Waals surface area contributed by atoms with Gasteiger partial charge in [0.05, 0.1) is 18.0 Å². The van der Waals surface area contributed by atoms with Gasteiger partial charge in [0, 0.05) is 0 Å². The zero-order valence-electron chi connectivity index (χ0n) is 12.0. The zero-order chi connectivity index (χ0) is 15.0. The Bertz CT molecular complexity index is 450. The summed E-state index contributed by atoms with van der Waals surface area (Å²) in [5.74, 6) is -0.401. The van der Waals surface area contributed by atoms with Crippen LogP contribution in [0, 0.1) is 5.92 Å². The second kappa shape index (κ2) is 6.50. The number of rotatable bonds is 3. The van der Waals surface area contributed by atoms with Crippen molar-refractivity contribution < 1.29 is 17.7 Å². The highest BCUT2D eigenvalue weighted by Crippen LogP contribution is 2.34. The van der Waals surface area contributed by atoms with Gasteiger partial charge in [0.15, 0.2) is 5.82 Å². The molecule has 21 heavy (non-hydrogen) atoms. The van der Waals surface area contributed by atoms with Crippen molar-refractivity contribution in [1.82, 2.24) is 15.0 Å². The Morgan fingerprint density at radius 3 is 2.29 bits per heavy atom. The Labute approximate surface area is 127 Å². The Balaban J connectivity index is 0.00000220. The fourth-order valence-electron chi connectivity index (χ4n) is 2.19. The SMILES string of the molecule is CC(C)(N)c1noc(CN2CCC(C(F)(F)F)CC2)n1.Cl. The van der Waals surface area contributed by atoms with Crippen molar-refractivity contribution in [2.24, 2.45) is 11.7 Å². The number of nitrogens with zero attached hydrogens (tertiary/aromatic N) is 3. The molecule has 0 aromatic carbocycles. The molecule has 0 spiro atoms. The average molecular weight is 329 g/mol. The third kappa shape index (κ3) is 4.82. The standard InChI is InChI=1S/C12H19F3N4O.ClH/c1-11(2,16)10-17-9(20-18-10)7-19-5-3-8(4-6-19)12(13,14)15;/h8H,3-7,16H2,1-2H3;1H. The summed E-state index contributed by atoms with van der Waals surface area (Å²) in [6.45, 7) is 4.66. The molecule has 0 aliphatic carbocycles. The van der Waals surface area contributed by atoms with E-state index in [1.165, 1.54) is 0 Å². The molecule has 1 aromatic heterocycles. The van der Waals surface area contributed by atoms with Crippen molar-refractivity contribution in [3.8, 4) is 0 Å². The molecule has 0 atom stereocenters. The van der Waals surface area contributed by atoms with Gasteiger partial charge in [0.25, 0.3) is 0 Å². The van der Waals surface area contributed by atoms with Crippen LogP contribution in [-0.4, -0.2) is 34.3 Å². The Hall–Kier alpha value is -0.860. The van der Waals surface area contributed by atoms with Crippen molar-refractivity contribution in [2.75, 3.05) is 13.1 Å². The normalized spacial score (nSPS) is 18.6. The van der Waals surface area contributed by atoms with Crippen LogP contribution in [0.15, 0.2) is 4.52 Å². The van der Waals surface area contributed by atoms with Crippen LogP contribution in [0.3, 0.4) is 0 Å². The molecule has 1 saturated heterocycles. The third-order valence-corrected chi connectivity index (χ3v) is 3.45. The van der Waals surface area contributed by atoms with Gasteiger partial charge in [0.1, 0.15) is 0 Å². The number of hydrogen-bond acceptors (Lipinski definition) is 5. The zero-order valence-corrected chi connectivity index (χ0v) is 12.8. The van der Waals surface area contributed by atoms with Gasteiger partial charge in [-0.25, -0.2) is 0 Å². The molecule has 0 unspecified atom stereocenters. The summed E-state index contributed by atoms with van der Waals surface area (Å²) in [7, 11) is 0. The molecule has 2 rings (SSSR count). The van der Waals surface area contributed by atoms with Crippen LogP contribution < -0.4 is 5.73 Å². The number of halogens is 4. The first-order valence-corrected chi connectivity index (χ1v) is 6.57. The predicted molar refractivity (Wildman–Crippen MR) is 72.8 cm³/mol. The molecule has 0 saturated carbocycles. The van der Waals surface area contributed by atoms with Crippen molar-refractivity contribution in [3.05, 3.63) is 11.7 Å². The average Bonchev–Trinajstić information content (AvgIpc) is 2.77. The molecule has 1 aromatic rings. The first-order valence-electron chi connectivity index (χ1n) is 6.57. The molecular weight excluding hydrogens is 309 g/mol. The monoisotopic (exact) mass is 328 g/mol. The predicted octanol–water partition coefficient (Wildman–Crippen LogP) is 2.46. The molecule has 122 valence electrons. The quantitative estimate of drug-likeness (QED) is 0.923. The summed E-state index contributed by atoms with van der Waals surface area (Å²) in [4.78, 5) is 6.07. The number of piperidine rings is 1. The van der Waals surface area contributed by atoms with Crippen LogP contribution in [0.4, 0.5) is 13.2 Å². The second-order valence-electron chi connectivity index (χ2n) is 5.83. The number of nitrogens with two attached hydrogens (primary N) is 1. The highest BCUT2D eigenvalue weighted by Gasteiger charge is 2.41. The summed E-state index contributed by atoms with van der Waals surface area (Å²) in [6, 6.07) is 0. The lowest BCUT2D eigenvalue weighted by Crippen LogP contribution is -2.38. The van der Waals surface area contributed by atoms with Gasteiger partial charge in [0.2, 0.25) is 5.89 Å². The Morgan fingerprint density at radius 2 is 1.86 bits per heavy atom. The van der Waals surface area contributed by atoms with Crippen molar-refractivity contribution in [1.29, 1.82) is 0 Å². The molecule has 5 nitrogen and oxygen atoms in total. The fraction of sp³-hybridized carbons (Fsp3) is 0.833. The minimum atomic E-state index is -4.09. The number of aromatic nitrogens is 2. The number of hydrogen-bond donors (Lipinski definition) is 1. The summed E-state index contributed by atoms with van der Waals surface area (Å²) < 4.78 is 42.8. The minimum Gasteiger partial charge on any atom is -0.338 e. The van der Waals surface area contributed by atoms with Crippen LogP contribution in [0.2, 0.25) is 0 Å². The molecule has 1 fully saturated rings. The summed E-state index contributed by atoms with van der Waals surface area (Å²) in [5, 5.41) is 3.79. The number of likely N-dealkylation sites (tertiary alicyclic amines) is 1. The smallest absolute Gasteiger partial charge is 0.338 e. The van der Waals surface area contributed by atoms with Crippen LogP contribution in [0.25, 0.3) is 0 Å². The molecule has 0 bridgehead atoms. The van der Waals surface area contributed by atoms with E-state index >= 15 is 0 Å². The molecule has 2 heterocycles. The van der Waals surface area contributed by atoms with Crippen LogP contribution in [0.5, 0.6) is 0 Å². The van der Waals surface area contributed by atoms with E-state index in [0.717, 1.165) is 0 Å². The fourth-order valence-corrected chi connectivity index (χ4v) is 2.19. The largest absolute Gasteiger partial charge is 0.391 e. The molecule has 0 radical (unpaired) electrons. The van der Waals surface area contributed by atoms with Crippen LogP contribution in [0.1, 0.15) is 38.4 Å². The van der Waals surface area contributed by atoms with E-state index in [1.807, 2.05) is 4.90 Å². The van der Waals surface area contributed by atoms with Crippen LogP contribution >= 0.6 is 12.4 Å². The van der Waals surface area contributed by atoms with Gasteiger partial charge >= 0.3 is 6.18 Å². The topological polar surface area (TPSA) is 68.2 Å². The maximum Gasteiger partial charge on any atom is 0.391 e. The second-order valence-corrected chi connectivity index (χ2v) is 5.83. The van der Waals surface area contributed by atoms with Gasteiger partial charge < -0.3 is 10.3 Å². The van der Waals surface area contributed by atoms with Gasteiger partial charge in [-0.2, -0.15) is 18.2 Å². The highest BCUT2D eigenvalue weighted by atomic mass is 35.5. The minimum absolute atomic E-state index is 0. The van der Waals surface area contributed by atoms with E-state index in [1.54, 1.807) is 13.8 Å². The lowest BCUT2D eigenvalue weighted by Gasteiger charge is -2.31. The molecular formula is C12H20ClF3N4O. The van der Waals surface area contributed by atoms with E-state index in [4.69, 9.17) is 10.3 Å².